The van der Waals surface area contributed by atoms with Crippen molar-refractivity contribution in [3.63, 3.8) is 0 Å². The van der Waals surface area contributed by atoms with Crippen molar-refractivity contribution in [1.82, 2.24) is 0 Å². The molecular weight excluding hydrogens is 407 g/mol. The zero-order valence-corrected chi connectivity index (χ0v) is 19.8. The van der Waals surface area contributed by atoms with Crippen LogP contribution in [0.5, 0.6) is 0 Å². The van der Waals surface area contributed by atoms with Gasteiger partial charge in [-0.15, -0.1) is 0 Å². The maximum absolute atomic E-state index is 14.1. The van der Waals surface area contributed by atoms with E-state index < -0.39 is 0 Å². The minimum Gasteiger partial charge on any atom is -0.369 e. The SMILES string of the molecule is C/C=C/COC(Cc1ccc(C2CCC(/C=C/C)CC2)cc1)c1ccc2c(F)cccc2c1. The van der Waals surface area contributed by atoms with Gasteiger partial charge < -0.3 is 4.74 Å². The molecule has 1 atom stereocenters. The predicted octanol–water partition coefficient (Wildman–Crippen LogP) is 8.71. The van der Waals surface area contributed by atoms with Crippen molar-refractivity contribution < 1.29 is 9.13 Å². The van der Waals surface area contributed by atoms with E-state index in [1.165, 1.54) is 42.9 Å². The third kappa shape index (κ3) is 6.00. The number of fused-ring (bicyclic) bond motifs is 1. The Hall–Kier alpha value is -2.71. The van der Waals surface area contributed by atoms with Crippen LogP contribution in [-0.2, 0) is 11.2 Å². The van der Waals surface area contributed by atoms with Crippen molar-refractivity contribution in [1.29, 1.82) is 0 Å². The van der Waals surface area contributed by atoms with Gasteiger partial charge in [-0.3, -0.25) is 0 Å². The highest BCUT2D eigenvalue weighted by Crippen LogP contribution is 2.36. The van der Waals surface area contributed by atoms with E-state index >= 15 is 0 Å². The Morgan fingerprint density at radius 2 is 1.73 bits per heavy atom. The molecule has 3 aromatic carbocycles. The fourth-order valence-corrected chi connectivity index (χ4v) is 5.06. The molecule has 1 unspecified atom stereocenters. The lowest BCUT2D eigenvalue weighted by atomic mass is 9.78. The van der Waals surface area contributed by atoms with Gasteiger partial charge in [0.15, 0.2) is 0 Å². The molecule has 3 aromatic rings. The molecule has 1 fully saturated rings. The van der Waals surface area contributed by atoms with E-state index in [0.717, 1.165) is 23.3 Å². The molecule has 0 heterocycles. The fraction of sp³-hybridized carbons (Fsp3) is 0.355. The van der Waals surface area contributed by atoms with E-state index in [0.29, 0.717) is 17.9 Å². The summed E-state index contributed by atoms with van der Waals surface area (Å²) < 4.78 is 20.4. The van der Waals surface area contributed by atoms with Crippen molar-refractivity contribution in [2.45, 2.75) is 58.0 Å². The Balaban J connectivity index is 1.48. The number of rotatable bonds is 8. The molecule has 0 radical (unpaired) electrons. The highest BCUT2D eigenvalue weighted by Gasteiger charge is 2.21. The fourth-order valence-electron chi connectivity index (χ4n) is 5.06. The van der Waals surface area contributed by atoms with Crippen molar-refractivity contribution >= 4 is 10.8 Å². The Labute approximate surface area is 198 Å². The molecule has 0 saturated heterocycles. The van der Waals surface area contributed by atoms with Gasteiger partial charge in [0.2, 0.25) is 0 Å². The molecule has 0 spiro atoms. The van der Waals surface area contributed by atoms with Gasteiger partial charge in [-0.1, -0.05) is 72.8 Å². The first-order valence-electron chi connectivity index (χ1n) is 12.3. The molecule has 1 saturated carbocycles. The summed E-state index contributed by atoms with van der Waals surface area (Å²) in [6.07, 6.45) is 14.5. The topological polar surface area (TPSA) is 9.23 Å². The van der Waals surface area contributed by atoms with Gasteiger partial charge in [0, 0.05) is 11.8 Å². The monoisotopic (exact) mass is 442 g/mol. The molecule has 1 nitrogen and oxygen atoms in total. The molecule has 1 aliphatic carbocycles. The molecule has 0 amide bonds. The summed E-state index contributed by atoms with van der Waals surface area (Å²) in [6, 6.07) is 20.3. The van der Waals surface area contributed by atoms with Crippen LogP contribution in [0.15, 0.2) is 85.0 Å². The molecule has 1 aliphatic rings. The summed E-state index contributed by atoms with van der Waals surface area (Å²) >= 11 is 0. The van der Waals surface area contributed by atoms with E-state index in [2.05, 4.69) is 49.4 Å². The normalized spacial score (nSPS) is 20.1. The molecule has 4 rings (SSSR count). The van der Waals surface area contributed by atoms with Crippen LogP contribution in [0.3, 0.4) is 0 Å². The summed E-state index contributed by atoms with van der Waals surface area (Å²) in [5, 5.41) is 1.57. The maximum atomic E-state index is 14.1. The summed E-state index contributed by atoms with van der Waals surface area (Å²) in [6.45, 7) is 4.69. The van der Waals surface area contributed by atoms with Crippen LogP contribution in [0.2, 0.25) is 0 Å². The first kappa shape index (κ1) is 23.4. The summed E-state index contributed by atoms with van der Waals surface area (Å²) in [4.78, 5) is 0. The summed E-state index contributed by atoms with van der Waals surface area (Å²) in [5.74, 6) is 1.26. The van der Waals surface area contributed by atoms with Gasteiger partial charge in [-0.2, -0.15) is 0 Å². The van der Waals surface area contributed by atoms with Crippen LogP contribution in [-0.4, -0.2) is 6.61 Å². The highest BCUT2D eigenvalue weighted by molar-refractivity contribution is 5.83. The number of benzene rings is 3. The van der Waals surface area contributed by atoms with E-state index in [9.17, 15) is 4.39 Å². The lowest BCUT2D eigenvalue weighted by molar-refractivity contribution is 0.0744. The average molecular weight is 443 g/mol. The molecule has 172 valence electrons. The molecule has 2 heteroatoms. The zero-order chi connectivity index (χ0) is 23.0. The second-order valence-corrected chi connectivity index (χ2v) is 9.19. The lowest BCUT2D eigenvalue weighted by Crippen LogP contribution is -2.12. The molecule has 0 N–H and O–H groups in total. The van der Waals surface area contributed by atoms with Crippen LogP contribution in [0.1, 0.15) is 68.2 Å². The Kier molecular flexibility index (Phi) is 8.12. The molecule has 33 heavy (non-hydrogen) atoms. The van der Waals surface area contributed by atoms with Gasteiger partial charge in [-0.25, -0.2) is 4.39 Å². The van der Waals surface area contributed by atoms with Gasteiger partial charge in [0.25, 0.3) is 0 Å². The summed E-state index contributed by atoms with van der Waals surface area (Å²) in [7, 11) is 0. The Bertz CT molecular complexity index is 1090. The first-order chi connectivity index (χ1) is 16.2. The minimum atomic E-state index is -0.180. The number of halogens is 1. The van der Waals surface area contributed by atoms with Crippen LogP contribution in [0.4, 0.5) is 4.39 Å². The van der Waals surface area contributed by atoms with Crippen molar-refractivity contribution in [3.8, 4) is 0 Å². The van der Waals surface area contributed by atoms with Crippen molar-refractivity contribution in [3.05, 3.63) is 107 Å². The van der Waals surface area contributed by atoms with Crippen LogP contribution < -0.4 is 0 Å². The van der Waals surface area contributed by atoms with E-state index in [1.54, 1.807) is 6.07 Å². The molecular formula is C31H35FO. The molecule has 0 aromatic heterocycles. The smallest absolute Gasteiger partial charge is 0.131 e. The third-order valence-corrected chi connectivity index (χ3v) is 6.96. The van der Waals surface area contributed by atoms with E-state index in [1.807, 2.05) is 37.3 Å². The van der Waals surface area contributed by atoms with Gasteiger partial charge in [0.05, 0.1) is 12.7 Å². The van der Waals surface area contributed by atoms with Crippen LogP contribution in [0, 0.1) is 11.7 Å². The van der Waals surface area contributed by atoms with Crippen molar-refractivity contribution in [2.75, 3.05) is 6.61 Å². The second-order valence-electron chi connectivity index (χ2n) is 9.19. The Morgan fingerprint density at radius 3 is 2.45 bits per heavy atom. The lowest BCUT2D eigenvalue weighted by Gasteiger charge is -2.27. The number of hydrogen-bond donors (Lipinski definition) is 0. The molecule has 0 aliphatic heterocycles. The second kappa shape index (κ2) is 11.4. The van der Waals surface area contributed by atoms with E-state index in [-0.39, 0.29) is 11.9 Å². The number of ether oxygens (including phenoxy) is 1. The Morgan fingerprint density at radius 1 is 0.939 bits per heavy atom. The van der Waals surface area contributed by atoms with Crippen LogP contribution >= 0.6 is 0 Å². The van der Waals surface area contributed by atoms with Crippen LogP contribution in [0.25, 0.3) is 10.8 Å². The van der Waals surface area contributed by atoms with Crippen molar-refractivity contribution in [2.24, 2.45) is 5.92 Å². The van der Waals surface area contributed by atoms with Gasteiger partial charge in [0.1, 0.15) is 5.82 Å². The largest absolute Gasteiger partial charge is 0.369 e. The molecule has 0 bridgehead atoms. The van der Waals surface area contributed by atoms with Gasteiger partial charge in [-0.05, 0) is 85.6 Å². The number of allylic oxidation sites excluding steroid dienone is 3. The number of hydrogen-bond acceptors (Lipinski definition) is 1. The quantitative estimate of drug-likeness (QED) is 0.317. The zero-order valence-electron chi connectivity index (χ0n) is 19.8. The standard InChI is InChI=1S/C31H35FO/c1-3-5-20-33-31(28-18-19-29-27(22-28)8-6-9-30(29)32)21-24-12-16-26(17-13-24)25-14-10-23(7-4-2)11-15-25/h3-9,12-13,16-19,22-23,25,31H,10-11,14-15,20-21H2,1-2H3/b5-3+,7-4+. The van der Waals surface area contributed by atoms with E-state index in [4.69, 9.17) is 4.74 Å². The minimum absolute atomic E-state index is 0.0732. The average Bonchev–Trinajstić information content (AvgIpc) is 2.85. The maximum Gasteiger partial charge on any atom is 0.131 e. The van der Waals surface area contributed by atoms with Gasteiger partial charge >= 0.3 is 0 Å². The third-order valence-electron chi connectivity index (χ3n) is 6.96. The summed E-state index contributed by atoms with van der Waals surface area (Å²) in [5.41, 5.74) is 3.82. The predicted molar refractivity (Wildman–Crippen MR) is 137 cm³/mol. The highest BCUT2D eigenvalue weighted by atomic mass is 19.1. The first-order valence-corrected chi connectivity index (χ1v) is 12.3.